The van der Waals surface area contributed by atoms with Crippen LogP contribution in [0.4, 0.5) is 5.69 Å². The van der Waals surface area contributed by atoms with Crippen LogP contribution >= 0.6 is 0 Å². The first-order chi connectivity index (χ1) is 9.00. The predicted molar refractivity (Wildman–Crippen MR) is 69.6 cm³/mol. The van der Waals surface area contributed by atoms with Crippen molar-refractivity contribution in [2.24, 2.45) is 7.05 Å². The molecule has 2 heterocycles. The first-order valence-electron chi connectivity index (χ1n) is 5.94. The van der Waals surface area contributed by atoms with Gasteiger partial charge in [0.1, 0.15) is 12.4 Å². The second-order valence-corrected chi connectivity index (χ2v) is 4.28. The summed E-state index contributed by atoms with van der Waals surface area (Å²) in [6, 6.07) is 0. The summed E-state index contributed by atoms with van der Waals surface area (Å²) in [5, 5.41) is 4.08. The highest BCUT2D eigenvalue weighted by Crippen LogP contribution is 2.16. The molecule has 0 fully saturated rings. The molecule has 19 heavy (non-hydrogen) atoms. The van der Waals surface area contributed by atoms with Crippen LogP contribution in [-0.2, 0) is 18.3 Å². The molecule has 2 aromatic rings. The zero-order valence-corrected chi connectivity index (χ0v) is 11.3. The number of hydrogen-bond donors (Lipinski definition) is 1. The van der Waals surface area contributed by atoms with Gasteiger partial charge in [-0.15, -0.1) is 0 Å². The molecule has 7 nitrogen and oxygen atoms in total. The molecular weight excluding hydrogens is 246 g/mol. The Hall–Kier alpha value is -2.31. The quantitative estimate of drug-likeness (QED) is 0.819. The number of nitrogen functional groups attached to an aromatic ring is 1. The minimum absolute atomic E-state index is 0.264. The summed E-state index contributed by atoms with van der Waals surface area (Å²) in [7, 11) is 1.67. The third kappa shape index (κ3) is 2.59. The Labute approximate surface area is 111 Å². The molecule has 0 aromatic carbocycles. The van der Waals surface area contributed by atoms with Crippen molar-refractivity contribution < 1.29 is 9.53 Å². The summed E-state index contributed by atoms with van der Waals surface area (Å²) in [5.74, 6) is 0.422. The molecule has 0 saturated carbocycles. The van der Waals surface area contributed by atoms with E-state index < -0.39 is 5.97 Å². The smallest absolute Gasteiger partial charge is 0.358 e. The maximum atomic E-state index is 11.9. The number of rotatable bonds is 4. The van der Waals surface area contributed by atoms with Gasteiger partial charge in [0.15, 0.2) is 5.69 Å². The van der Waals surface area contributed by atoms with Crippen LogP contribution in [0.1, 0.15) is 22.0 Å². The molecule has 0 aliphatic carbocycles. The SMILES string of the molecule is Cc1nn(C)c(C(=O)OCCn2ccnc2C)c1N. The number of aromatic nitrogens is 4. The molecule has 0 aliphatic heterocycles. The molecule has 0 radical (unpaired) electrons. The molecule has 2 N–H and O–H groups in total. The van der Waals surface area contributed by atoms with Crippen LogP contribution in [0.3, 0.4) is 0 Å². The van der Waals surface area contributed by atoms with Crippen molar-refractivity contribution in [3.8, 4) is 0 Å². The summed E-state index contributed by atoms with van der Waals surface area (Å²) < 4.78 is 8.55. The summed E-state index contributed by atoms with van der Waals surface area (Å²) in [6.45, 7) is 4.47. The monoisotopic (exact) mass is 263 g/mol. The van der Waals surface area contributed by atoms with Crippen molar-refractivity contribution in [3.05, 3.63) is 29.6 Å². The summed E-state index contributed by atoms with van der Waals surface area (Å²) in [6.07, 6.45) is 3.55. The molecule has 0 unspecified atom stereocenters. The molecule has 0 saturated heterocycles. The zero-order valence-electron chi connectivity index (χ0n) is 11.3. The van der Waals surface area contributed by atoms with E-state index in [4.69, 9.17) is 10.5 Å². The largest absolute Gasteiger partial charge is 0.459 e. The average molecular weight is 263 g/mol. The Morgan fingerprint density at radius 1 is 1.47 bits per heavy atom. The summed E-state index contributed by atoms with van der Waals surface area (Å²) in [5.41, 5.74) is 7.08. The van der Waals surface area contributed by atoms with Crippen LogP contribution in [0.5, 0.6) is 0 Å². The number of carbonyl (C=O) groups is 1. The second kappa shape index (κ2) is 5.13. The van der Waals surface area contributed by atoms with E-state index >= 15 is 0 Å². The van der Waals surface area contributed by atoms with E-state index in [0.717, 1.165) is 5.82 Å². The van der Waals surface area contributed by atoms with Crippen LogP contribution in [0.15, 0.2) is 12.4 Å². The molecule has 102 valence electrons. The highest BCUT2D eigenvalue weighted by molar-refractivity contribution is 5.93. The fraction of sp³-hybridized carbons (Fsp3) is 0.417. The van der Waals surface area contributed by atoms with E-state index in [9.17, 15) is 4.79 Å². The average Bonchev–Trinajstić information content (AvgIpc) is 2.85. The molecule has 0 spiro atoms. The van der Waals surface area contributed by atoms with Gasteiger partial charge in [0.2, 0.25) is 0 Å². The summed E-state index contributed by atoms with van der Waals surface area (Å²) in [4.78, 5) is 16.0. The molecule has 2 rings (SSSR count). The highest BCUT2D eigenvalue weighted by atomic mass is 16.5. The van der Waals surface area contributed by atoms with Crippen LogP contribution in [0, 0.1) is 13.8 Å². The van der Waals surface area contributed by atoms with E-state index in [1.807, 2.05) is 17.7 Å². The number of nitrogens with zero attached hydrogens (tertiary/aromatic N) is 4. The molecule has 0 bridgehead atoms. The Bertz CT molecular complexity index is 599. The topological polar surface area (TPSA) is 88.0 Å². The lowest BCUT2D eigenvalue weighted by Crippen LogP contribution is -2.16. The van der Waals surface area contributed by atoms with Crippen molar-refractivity contribution >= 4 is 11.7 Å². The normalized spacial score (nSPS) is 10.7. The Balaban J connectivity index is 1.97. The van der Waals surface area contributed by atoms with Gasteiger partial charge in [-0.3, -0.25) is 4.68 Å². The number of carbonyl (C=O) groups excluding carboxylic acids is 1. The van der Waals surface area contributed by atoms with Gasteiger partial charge in [-0.1, -0.05) is 0 Å². The van der Waals surface area contributed by atoms with Gasteiger partial charge in [0.25, 0.3) is 0 Å². The number of aryl methyl sites for hydroxylation is 3. The first-order valence-corrected chi connectivity index (χ1v) is 5.94. The maximum Gasteiger partial charge on any atom is 0.358 e. The lowest BCUT2D eigenvalue weighted by atomic mass is 10.3. The first kappa shape index (κ1) is 13.1. The Morgan fingerprint density at radius 2 is 2.21 bits per heavy atom. The lowest BCUT2D eigenvalue weighted by Gasteiger charge is -2.07. The zero-order chi connectivity index (χ0) is 14.0. The number of hydrogen-bond acceptors (Lipinski definition) is 5. The number of imidazole rings is 1. The molecule has 0 amide bonds. The Kier molecular flexibility index (Phi) is 3.55. The van der Waals surface area contributed by atoms with Gasteiger partial charge < -0.3 is 15.0 Å². The third-order valence-corrected chi connectivity index (χ3v) is 2.95. The van der Waals surface area contributed by atoms with Gasteiger partial charge in [0, 0.05) is 19.4 Å². The van der Waals surface area contributed by atoms with Gasteiger partial charge >= 0.3 is 5.97 Å². The minimum atomic E-state index is -0.460. The van der Waals surface area contributed by atoms with Gasteiger partial charge in [-0.05, 0) is 13.8 Å². The van der Waals surface area contributed by atoms with E-state index in [1.54, 1.807) is 20.2 Å². The number of ether oxygens (including phenoxy) is 1. The van der Waals surface area contributed by atoms with E-state index in [2.05, 4.69) is 10.1 Å². The van der Waals surface area contributed by atoms with Crippen LogP contribution in [0.2, 0.25) is 0 Å². The van der Waals surface area contributed by atoms with Gasteiger partial charge in [0.05, 0.1) is 17.9 Å². The molecular formula is C12H17N5O2. The molecule has 2 aromatic heterocycles. The lowest BCUT2D eigenvalue weighted by molar-refractivity contribution is 0.0479. The maximum absolute atomic E-state index is 11.9. The van der Waals surface area contributed by atoms with Crippen molar-refractivity contribution in [2.45, 2.75) is 20.4 Å². The number of esters is 1. The van der Waals surface area contributed by atoms with E-state index in [1.165, 1.54) is 4.68 Å². The van der Waals surface area contributed by atoms with Crippen LogP contribution in [0.25, 0.3) is 0 Å². The predicted octanol–water partition coefficient (Wildman–Crippen LogP) is 0.673. The van der Waals surface area contributed by atoms with Crippen LogP contribution < -0.4 is 5.73 Å². The third-order valence-electron chi connectivity index (χ3n) is 2.95. The van der Waals surface area contributed by atoms with Crippen molar-refractivity contribution in [1.29, 1.82) is 0 Å². The fourth-order valence-electron chi connectivity index (χ4n) is 1.86. The molecule has 0 atom stereocenters. The fourth-order valence-corrected chi connectivity index (χ4v) is 1.86. The molecule has 0 aliphatic rings. The highest BCUT2D eigenvalue weighted by Gasteiger charge is 2.19. The molecule has 7 heteroatoms. The van der Waals surface area contributed by atoms with Crippen molar-refractivity contribution in [2.75, 3.05) is 12.3 Å². The Morgan fingerprint density at radius 3 is 2.74 bits per heavy atom. The summed E-state index contributed by atoms with van der Waals surface area (Å²) >= 11 is 0. The van der Waals surface area contributed by atoms with E-state index in [0.29, 0.717) is 23.6 Å². The number of anilines is 1. The van der Waals surface area contributed by atoms with Gasteiger partial charge in [-0.2, -0.15) is 5.10 Å². The number of nitrogens with two attached hydrogens (primary N) is 1. The van der Waals surface area contributed by atoms with Crippen molar-refractivity contribution in [1.82, 2.24) is 19.3 Å². The van der Waals surface area contributed by atoms with Gasteiger partial charge in [-0.25, -0.2) is 9.78 Å². The second-order valence-electron chi connectivity index (χ2n) is 4.28. The van der Waals surface area contributed by atoms with Crippen molar-refractivity contribution in [3.63, 3.8) is 0 Å². The standard InChI is InChI=1S/C12H17N5O2/c1-8-10(13)11(16(3)15-8)12(18)19-7-6-17-5-4-14-9(17)2/h4-5H,6-7,13H2,1-3H3. The van der Waals surface area contributed by atoms with Crippen LogP contribution in [-0.4, -0.2) is 31.9 Å². The van der Waals surface area contributed by atoms with E-state index in [-0.39, 0.29) is 6.61 Å². The minimum Gasteiger partial charge on any atom is -0.459 e.